The molecule has 1 aliphatic heterocycles. The number of nitrogens with one attached hydrogen (secondary N) is 1. The van der Waals surface area contributed by atoms with E-state index in [1.165, 1.54) is 19.3 Å². The van der Waals surface area contributed by atoms with E-state index in [1.807, 2.05) is 36.2 Å². The van der Waals surface area contributed by atoms with Gasteiger partial charge < -0.3 is 15.0 Å². The molecule has 1 N–H and O–H groups in total. The van der Waals surface area contributed by atoms with Crippen molar-refractivity contribution in [2.24, 2.45) is 0 Å². The SMILES string of the molecule is COc1ccc(CN(C)C(=O)CCC2CCCCN2)cc1. The quantitative estimate of drug-likeness (QED) is 0.875. The summed E-state index contributed by atoms with van der Waals surface area (Å²) in [7, 11) is 3.53. The summed E-state index contributed by atoms with van der Waals surface area (Å²) in [6.07, 6.45) is 5.33. The molecule has 0 aromatic heterocycles. The van der Waals surface area contributed by atoms with Gasteiger partial charge in [-0.1, -0.05) is 18.6 Å². The Morgan fingerprint density at radius 3 is 2.71 bits per heavy atom. The summed E-state index contributed by atoms with van der Waals surface area (Å²) in [4.78, 5) is 14.0. The molecular formula is C17H26N2O2. The maximum absolute atomic E-state index is 12.2. The van der Waals surface area contributed by atoms with E-state index in [4.69, 9.17) is 4.74 Å². The van der Waals surface area contributed by atoms with E-state index < -0.39 is 0 Å². The lowest BCUT2D eigenvalue weighted by Gasteiger charge is -2.24. The minimum atomic E-state index is 0.221. The van der Waals surface area contributed by atoms with Gasteiger partial charge in [0.1, 0.15) is 5.75 Å². The number of rotatable bonds is 6. The number of methoxy groups -OCH3 is 1. The number of piperidine rings is 1. The largest absolute Gasteiger partial charge is 0.497 e. The predicted molar refractivity (Wildman–Crippen MR) is 84.3 cm³/mol. The lowest BCUT2D eigenvalue weighted by Crippen LogP contribution is -2.35. The smallest absolute Gasteiger partial charge is 0.222 e. The summed E-state index contributed by atoms with van der Waals surface area (Å²) in [6.45, 7) is 1.75. The lowest BCUT2D eigenvalue weighted by molar-refractivity contribution is -0.130. The van der Waals surface area contributed by atoms with Gasteiger partial charge in [-0.3, -0.25) is 4.79 Å². The van der Waals surface area contributed by atoms with Crippen molar-refractivity contribution in [3.63, 3.8) is 0 Å². The van der Waals surface area contributed by atoms with E-state index in [0.717, 1.165) is 24.3 Å². The Balaban J connectivity index is 1.75. The molecule has 1 atom stereocenters. The highest BCUT2D eigenvalue weighted by Gasteiger charge is 2.16. The zero-order valence-corrected chi connectivity index (χ0v) is 13.1. The normalized spacial score (nSPS) is 18.3. The second-order valence-electron chi connectivity index (χ2n) is 5.78. The molecule has 0 bridgehead atoms. The molecule has 1 heterocycles. The van der Waals surface area contributed by atoms with Crippen LogP contribution in [0.25, 0.3) is 0 Å². The highest BCUT2D eigenvalue weighted by molar-refractivity contribution is 5.75. The molecule has 1 aromatic rings. The van der Waals surface area contributed by atoms with Crippen LogP contribution in [-0.4, -0.2) is 37.6 Å². The molecule has 4 nitrogen and oxygen atoms in total. The number of amides is 1. The first-order valence-electron chi connectivity index (χ1n) is 7.79. The summed E-state index contributed by atoms with van der Waals surface area (Å²) in [5, 5.41) is 3.49. The van der Waals surface area contributed by atoms with Crippen molar-refractivity contribution in [3.05, 3.63) is 29.8 Å². The van der Waals surface area contributed by atoms with Crippen LogP contribution in [0.4, 0.5) is 0 Å². The first-order valence-corrected chi connectivity index (χ1v) is 7.79. The summed E-state index contributed by atoms with van der Waals surface area (Å²) in [5.41, 5.74) is 1.13. The van der Waals surface area contributed by atoms with Crippen molar-refractivity contribution in [2.45, 2.75) is 44.7 Å². The van der Waals surface area contributed by atoms with Gasteiger partial charge in [-0.25, -0.2) is 0 Å². The number of carbonyl (C=O) groups excluding carboxylic acids is 1. The van der Waals surface area contributed by atoms with Crippen LogP contribution in [0.2, 0.25) is 0 Å². The average Bonchev–Trinajstić information content (AvgIpc) is 2.54. The van der Waals surface area contributed by atoms with Gasteiger partial charge in [0.25, 0.3) is 0 Å². The summed E-state index contributed by atoms with van der Waals surface area (Å²) in [5.74, 6) is 1.06. The predicted octanol–water partition coefficient (Wildman–Crippen LogP) is 2.58. The van der Waals surface area contributed by atoms with Gasteiger partial charge in [0.15, 0.2) is 0 Å². The summed E-state index contributed by atoms with van der Waals surface area (Å²) < 4.78 is 5.14. The van der Waals surface area contributed by atoms with Crippen molar-refractivity contribution in [2.75, 3.05) is 20.7 Å². The fraction of sp³-hybridized carbons (Fsp3) is 0.588. The van der Waals surface area contributed by atoms with Gasteiger partial charge in [-0.15, -0.1) is 0 Å². The summed E-state index contributed by atoms with van der Waals surface area (Å²) in [6, 6.07) is 8.40. The number of ether oxygens (including phenoxy) is 1. The maximum Gasteiger partial charge on any atom is 0.222 e. The van der Waals surface area contributed by atoms with Crippen LogP contribution >= 0.6 is 0 Å². The summed E-state index contributed by atoms with van der Waals surface area (Å²) >= 11 is 0. The number of nitrogens with zero attached hydrogens (tertiary/aromatic N) is 1. The fourth-order valence-electron chi connectivity index (χ4n) is 2.75. The third-order valence-electron chi connectivity index (χ3n) is 4.12. The third-order valence-corrected chi connectivity index (χ3v) is 4.12. The van der Waals surface area contributed by atoms with Crippen molar-refractivity contribution in [1.82, 2.24) is 10.2 Å². The van der Waals surface area contributed by atoms with E-state index >= 15 is 0 Å². The van der Waals surface area contributed by atoms with Crippen molar-refractivity contribution in [3.8, 4) is 5.75 Å². The minimum Gasteiger partial charge on any atom is -0.497 e. The molecule has 4 heteroatoms. The Morgan fingerprint density at radius 2 is 2.10 bits per heavy atom. The van der Waals surface area contributed by atoms with E-state index in [2.05, 4.69) is 5.32 Å². The topological polar surface area (TPSA) is 41.6 Å². The second-order valence-corrected chi connectivity index (χ2v) is 5.78. The van der Waals surface area contributed by atoms with E-state index in [0.29, 0.717) is 19.0 Å². The fourth-order valence-corrected chi connectivity index (χ4v) is 2.75. The molecule has 0 spiro atoms. The molecule has 1 aromatic carbocycles. The van der Waals surface area contributed by atoms with Crippen LogP contribution in [0.5, 0.6) is 5.75 Å². The molecule has 1 unspecified atom stereocenters. The van der Waals surface area contributed by atoms with Gasteiger partial charge in [0, 0.05) is 26.1 Å². The van der Waals surface area contributed by atoms with Crippen LogP contribution in [0.1, 0.15) is 37.7 Å². The minimum absolute atomic E-state index is 0.221. The molecule has 116 valence electrons. The Labute approximate surface area is 127 Å². The molecule has 0 saturated carbocycles. The molecule has 2 rings (SSSR count). The zero-order chi connectivity index (χ0) is 15.1. The average molecular weight is 290 g/mol. The highest BCUT2D eigenvalue weighted by Crippen LogP contribution is 2.15. The molecule has 0 aliphatic carbocycles. The van der Waals surface area contributed by atoms with Gasteiger partial charge in [-0.05, 0) is 43.5 Å². The van der Waals surface area contributed by atoms with E-state index in [1.54, 1.807) is 7.11 Å². The monoisotopic (exact) mass is 290 g/mol. The Kier molecular flexibility index (Phi) is 6.05. The molecule has 21 heavy (non-hydrogen) atoms. The number of benzene rings is 1. The van der Waals surface area contributed by atoms with Crippen LogP contribution in [0, 0.1) is 0 Å². The molecule has 1 aliphatic rings. The second kappa shape index (κ2) is 8.03. The number of carbonyl (C=O) groups is 1. The van der Waals surface area contributed by atoms with Gasteiger partial charge in [0.2, 0.25) is 5.91 Å². The molecular weight excluding hydrogens is 264 g/mol. The Bertz CT molecular complexity index is 439. The van der Waals surface area contributed by atoms with Crippen molar-refractivity contribution < 1.29 is 9.53 Å². The third kappa shape index (κ3) is 5.05. The molecule has 1 saturated heterocycles. The molecule has 0 radical (unpaired) electrons. The first kappa shape index (κ1) is 15.8. The molecule has 1 fully saturated rings. The van der Waals surface area contributed by atoms with Gasteiger partial charge in [0.05, 0.1) is 7.11 Å². The van der Waals surface area contributed by atoms with Crippen molar-refractivity contribution in [1.29, 1.82) is 0 Å². The standard InChI is InChI=1S/C17H26N2O2/c1-19(13-14-6-9-16(21-2)10-7-14)17(20)11-8-15-5-3-4-12-18-15/h6-7,9-10,15,18H,3-5,8,11-13H2,1-2H3. The van der Waals surface area contributed by atoms with E-state index in [9.17, 15) is 4.79 Å². The first-order chi connectivity index (χ1) is 10.2. The zero-order valence-electron chi connectivity index (χ0n) is 13.1. The van der Waals surface area contributed by atoms with Crippen molar-refractivity contribution >= 4 is 5.91 Å². The number of hydrogen-bond donors (Lipinski definition) is 1. The Hall–Kier alpha value is -1.55. The van der Waals surface area contributed by atoms with Crippen LogP contribution in [0.15, 0.2) is 24.3 Å². The number of hydrogen-bond acceptors (Lipinski definition) is 3. The van der Waals surface area contributed by atoms with Gasteiger partial charge >= 0.3 is 0 Å². The maximum atomic E-state index is 12.2. The van der Waals surface area contributed by atoms with E-state index in [-0.39, 0.29) is 5.91 Å². The van der Waals surface area contributed by atoms with Gasteiger partial charge in [-0.2, -0.15) is 0 Å². The molecule has 1 amide bonds. The van der Waals surface area contributed by atoms with Crippen LogP contribution < -0.4 is 10.1 Å². The lowest BCUT2D eigenvalue weighted by atomic mass is 10.0. The van der Waals surface area contributed by atoms with Crippen LogP contribution in [0.3, 0.4) is 0 Å². The highest BCUT2D eigenvalue weighted by atomic mass is 16.5. The van der Waals surface area contributed by atoms with Crippen LogP contribution in [-0.2, 0) is 11.3 Å². The Morgan fingerprint density at radius 1 is 1.33 bits per heavy atom.